The van der Waals surface area contributed by atoms with E-state index >= 15 is 0 Å². The van der Waals surface area contributed by atoms with Crippen LogP contribution in [0.15, 0.2) is 18.2 Å². The fourth-order valence-electron chi connectivity index (χ4n) is 3.22. The van der Waals surface area contributed by atoms with E-state index < -0.39 is 17.2 Å². The molecule has 0 saturated heterocycles. The van der Waals surface area contributed by atoms with Crippen molar-refractivity contribution in [3.8, 4) is 0 Å². The summed E-state index contributed by atoms with van der Waals surface area (Å²) in [6, 6.07) is 3.73. The van der Waals surface area contributed by atoms with E-state index in [1.54, 1.807) is 0 Å². The summed E-state index contributed by atoms with van der Waals surface area (Å²) >= 11 is 0. The van der Waals surface area contributed by atoms with Crippen molar-refractivity contribution in [3.63, 3.8) is 0 Å². The number of hydrogen-bond donors (Lipinski definition) is 1. The Labute approximate surface area is 100 Å². The Kier molecular flexibility index (Phi) is 2.77. The average Bonchev–Trinajstić information content (AvgIpc) is 2.35. The molecule has 0 heterocycles. The molecule has 1 N–H and O–H groups in total. The van der Waals surface area contributed by atoms with Crippen LogP contribution in [0.1, 0.15) is 39.2 Å². The Morgan fingerprint density at radius 3 is 2.18 bits per heavy atom. The topological polar surface area (TPSA) is 20.2 Å². The molecule has 1 aromatic carbocycles. The first kappa shape index (κ1) is 12.5. The van der Waals surface area contributed by atoms with Crippen molar-refractivity contribution in [2.45, 2.75) is 39.2 Å². The minimum Gasteiger partial charge on any atom is -0.385 e. The fraction of sp³-hybridized carbons (Fsp3) is 0.571. The lowest BCUT2D eigenvalue weighted by atomic mass is 9.83. The largest absolute Gasteiger partial charge is 0.385 e. The van der Waals surface area contributed by atoms with Gasteiger partial charge in [0.25, 0.3) is 0 Å². The first-order valence-corrected chi connectivity index (χ1v) is 5.93. The van der Waals surface area contributed by atoms with Crippen molar-refractivity contribution >= 4 is 0 Å². The van der Waals surface area contributed by atoms with Gasteiger partial charge >= 0.3 is 0 Å². The van der Waals surface area contributed by atoms with Crippen molar-refractivity contribution in [3.05, 3.63) is 35.4 Å². The first-order valence-electron chi connectivity index (χ1n) is 5.93. The summed E-state index contributed by atoms with van der Waals surface area (Å²) in [6.07, 6.45) is 1.15. The van der Waals surface area contributed by atoms with Crippen LogP contribution in [0.25, 0.3) is 0 Å². The molecule has 17 heavy (non-hydrogen) atoms. The smallest absolute Gasteiger partial charge is 0.132 e. The summed E-state index contributed by atoms with van der Waals surface area (Å²) < 4.78 is 27.5. The minimum atomic E-state index is -1.39. The lowest BCUT2D eigenvalue weighted by Gasteiger charge is -2.29. The quantitative estimate of drug-likeness (QED) is 0.795. The van der Waals surface area contributed by atoms with Crippen molar-refractivity contribution in [2.24, 2.45) is 11.3 Å². The van der Waals surface area contributed by atoms with Crippen molar-refractivity contribution in [1.29, 1.82) is 0 Å². The van der Waals surface area contributed by atoms with Gasteiger partial charge in [-0.25, -0.2) is 8.78 Å². The molecule has 2 atom stereocenters. The number of aliphatic hydroxyl groups is 1. The maximum Gasteiger partial charge on any atom is 0.132 e. The Morgan fingerprint density at radius 1 is 1.24 bits per heavy atom. The molecule has 94 valence electrons. The molecule has 1 aliphatic rings. The van der Waals surface area contributed by atoms with Gasteiger partial charge in [0.05, 0.1) is 11.2 Å². The van der Waals surface area contributed by atoms with Crippen LogP contribution >= 0.6 is 0 Å². The van der Waals surface area contributed by atoms with Gasteiger partial charge in [-0.1, -0.05) is 26.8 Å². The van der Waals surface area contributed by atoms with E-state index in [0.717, 1.165) is 6.42 Å². The highest BCUT2D eigenvalue weighted by atomic mass is 19.1. The van der Waals surface area contributed by atoms with E-state index in [0.29, 0.717) is 6.42 Å². The second-order valence-electron chi connectivity index (χ2n) is 5.97. The lowest BCUT2D eigenvalue weighted by molar-refractivity contribution is -0.00744. The second kappa shape index (κ2) is 3.77. The van der Waals surface area contributed by atoms with Gasteiger partial charge in [-0.05, 0) is 36.3 Å². The Hall–Kier alpha value is -0.960. The van der Waals surface area contributed by atoms with Crippen LogP contribution in [0.4, 0.5) is 8.78 Å². The Morgan fingerprint density at radius 2 is 1.76 bits per heavy atom. The molecule has 0 amide bonds. The number of benzene rings is 1. The van der Waals surface area contributed by atoms with Gasteiger partial charge in [0.1, 0.15) is 11.6 Å². The van der Waals surface area contributed by atoms with E-state index in [9.17, 15) is 13.9 Å². The summed E-state index contributed by atoms with van der Waals surface area (Å²) in [6.45, 7) is 5.88. The van der Waals surface area contributed by atoms with E-state index in [1.807, 2.05) is 20.8 Å². The van der Waals surface area contributed by atoms with Gasteiger partial charge in [0, 0.05) is 0 Å². The molecule has 0 spiro atoms. The third-order valence-electron chi connectivity index (χ3n) is 3.82. The van der Waals surface area contributed by atoms with E-state index in [4.69, 9.17) is 0 Å². The molecule has 2 unspecified atom stereocenters. The highest BCUT2D eigenvalue weighted by Crippen LogP contribution is 2.53. The van der Waals surface area contributed by atoms with Crippen LogP contribution < -0.4 is 0 Å². The third-order valence-corrected chi connectivity index (χ3v) is 3.82. The summed E-state index contributed by atoms with van der Waals surface area (Å²) in [7, 11) is 0. The van der Waals surface area contributed by atoms with E-state index in [-0.39, 0.29) is 16.9 Å². The van der Waals surface area contributed by atoms with Crippen LogP contribution in [0.2, 0.25) is 0 Å². The fourth-order valence-corrected chi connectivity index (χ4v) is 3.22. The van der Waals surface area contributed by atoms with Crippen LogP contribution in [0, 0.1) is 23.0 Å². The second-order valence-corrected chi connectivity index (χ2v) is 5.97. The third kappa shape index (κ3) is 1.97. The normalized spacial score (nSPS) is 31.8. The molecule has 1 nitrogen and oxygen atoms in total. The standard InChI is InChI=1S/C14H18F2O/c1-9-7-13(2,3)8-14(9,17)12-10(15)5-4-6-11(12)16/h4-6,9,17H,7-8H2,1-3H3. The number of rotatable bonds is 1. The molecule has 0 bridgehead atoms. The van der Waals surface area contributed by atoms with E-state index in [1.165, 1.54) is 18.2 Å². The highest BCUT2D eigenvalue weighted by molar-refractivity contribution is 5.29. The van der Waals surface area contributed by atoms with Gasteiger partial charge < -0.3 is 5.11 Å². The summed E-state index contributed by atoms with van der Waals surface area (Å²) in [5.41, 5.74) is -1.65. The average molecular weight is 240 g/mol. The predicted molar refractivity (Wildman–Crippen MR) is 62.4 cm³/mol. The SMILES string of the molecule is CC1CC(C)(C)CC1(O)c1c(F)cccc1F. The summed E-state index contributed by atoms with van der Waals surface area (Å²) in [4.78, 5) is 0. The number of halogens is 2. The lowest BCUT2D eigenvalue weighted by Crippen LogP contribution is -2.31. The molecule has 1 aromatic rings. The van der Waals surface area contributed by atoms with E-state index in [2.05, 4.69) is 0 Å². The van der Waals surface area contributed by atoms with Crippen molar-refractivity contribution < 1.29 is 13.9 Å². The molecule has 2 rings (SSSR count). The van der Waals surface area contributed by atoms with Gasteiger partial charge in [0.15, 0.2) is 0 Å². The zero-order valence-electron chi connectivity index (χ0n) is 10.4. The van der Waals surface area contributed by atoms with Gasteiger partial charge in [-0.2, -0.15) is 0 Å². The van der Waals surface area contributed by atoms with Crippen molar-refractivity contribution in [1.82, 2.24) is 0 Å². The molecule has 0 radical (unpaired) electrons. The molecular weight excluding hydrogens is 222 g/mol. The zero-order valence-corrected chi connectivity index (χ0v) is 10.4. The number of hydrogen-bond acceptors (Lipinski definition) is 1. The Balaban J connectivity index is 2.53. The summed E-state index contributed by atoms with van der Waals surface area (Å²) in [5, 5.41) is 10.6. The van der Waals surface area contributed by atoms with Crippen LogP contribution in [-0.2, 0) is 5.60 Å². The molecule has 1 aliphatic carbocycles. The molecule has 1 saturated carbocycles. The first-order chi connectivity index (χ1) is 7.76. The predicted octanol–water partition coefficient (Wildman–Crippen LogP) is 3.61. The summed E-state index contributed by atoms with van der Waals surface area (Å²) in [5.74, 6) is -1.46. The molecule has 3 heteroatoms. The van der Waals surface area contributed by atoms with Gasteiger partial charge in [0.2, 0.25) is 0 Å². The monoisotopic (exact) mass is 240 g/mol. The van der Waals surface area contributed by atoms with Crippen LogP contribution in [-0.4, -0.2) is 5.11 Å². The maximum atomic E-state index is 13.8. The molecule has 1 fully saturated rings. The zero-order chi connectivity index (χ0) is 12.8. The van der Waals surface area contributed by atoms with Crippen LogP contribution in [0.5, 0.6) is 0 Å². The highest BCUT2D eigenvalue weighted by Gasteiger charge is 2.50. The van der Waals surface area contributed by atoms with Crippen molar-refractivity contribution in [2.75, 3.05) is 0 Å². The van der Waals surface area contributed by atoms with Crippen LogP contribution in [0.3, 0.4) is 0 Å². The molecule has 0 aromatic heterocycles. The van der Waals surface area contributed by atoms with Gasteiger partial charge in [-0.3, -0.25) is 0 Å². The van der Waals surface area contributed by atoms with Gasteiger partial charge in [-0.15, -0.1) is 0 Å². The Bertz CT molecular complexity index is 422. The molecular formula is C14H18F2O. The minimum absolute atomic E-state index is 0.0944. The molecule has 0 aliphatic heterocycles. The maximum absolute atomic E-state index is 13.8.